The third kappa shape index (κ3) is 3.74. The van der Waals surface area contributed by atoms with Crippen LogP contribution in [0.4, 0.5) is 10.5 Å². The van der Waals surface area contributed by atoms with E-state index in [2.05, 4.69) is 15.3 Å². The number of H-pyrrole nitrogens is 2. The molecular formula is C23H23N3O3. The van der Waals surface area contributed by atoms with Gasteiger partial charge in [-0.05, 0) is 63.6 Å². The zero-order valence-corrected chi connectivity index (χ0v) is 16.8. The Morgan fingerprint density at radius 3 is 2.10 bits per heavy atom. The van der Waals surface area contributed by atoms with E-state index in [4.69, 9.17) is 4.74 Å². The summed E-state index contributed by atoms with van der Waals surface area (Å²) in [6, 6.07) is 15.0. The maximum Gasteiger partial charge on any atom is 0.412 e. The highest BCUT2D eigenvalue weighted by Gasteiger charge is 2.19. The standard InChI is InChI=1S/C23H23N3O3/c1-13-7-5-8-16-14(13)11-19(24-16)21(27)20-12-15-17(25-20)9-6-10-18(15)26-22(28)29-23(2,3)4/h5-12,24-25H,1-4H3,(H,26,28). The number of hydrogen-bond donors (Lipinski definition) is 3. The van der Waals surface area contributed by atoms with Crippen LogP contribution in [0.1, 0.15) is 42.5 Å². The Labute approximate surface area is 168 Å². The summed E-state index contributed by atoms with van der Waals surface area (Å²) in [5.74, 6) is -0.139. The number of carbonyl (C=O) groups excluding carboxylic acids is 2. The normalized spacial score (nSPS) is 11.7. The Kier molecular flexibility index (Phi) is 4.42. The van der Waals surface area contributed by atoms with Crippen molar-refractivity contribution >= 4 is 39.4 Å². The van der Waals surface area contributed by atoms with Gasteiger partial charge in [0.15, 0.2) is 0 Å². The van der Waals surface area contributed by atoms with Crippen molar-refractivity contribution in [2.75, 3.05) is 5.32 Å². The van der Waals surface area contributed by atoms with Crippen LogP contribution in [0, 0.1) is 6.92 Å². The number of ketones is 1. The number of aryl methyl sites for hydroxylation is 1. The predicted octanol–water partition coefficient (Wildman–Crippen LogP) is 5.54. The summed E-state index contributed by atoms with van der Waals surface area (Å²) in [7, 11) is 0. The lowest BCUT2D eigenvalue weighted by molar-refractivity contribution is 0.0636. The molecule has 0 radical (unpaired) electrons. The van der Waals surface area contributed by atoms with Crippen LogP contribution in [0.3, 0.4) is 0 Å². The minimum atomic E-state index is -0.592. The third-order valence-corrected chi connectivity index (χ3v) is 4.67. The number of aromatic amines is 2. The molecule has 0 unspecified atom stereocenters. The Balaban J connectivity index is 1.67. The van der Waals surface area contributed by atoms with E-state index in [9.17, 15) is 9.59 Å². The topological polar surface area (TPSA) is 87.0 Å². The molecule has 0 aliphatic rings. The van der Waals surface area contributed by atoms with Crippen molar-refractivity contribution in [1.82, 2.24) is 9.97 Å². The van der Waals surface area contributed by atoms with Crippen LogP contribution in [0.25, 0.3) is 21.8 Å². The molecule has 4 rings (SSSR count). The first-order valence-electron chi connectivity index (χ1n) is 9.46. The fourth-order valence-corrected chi connectivity index (χ4v) is 3.37. The largest absolute Gasteiger partial charge is 0.444 e. The molecule has 0 fully saturated rings. The van der Waals surface area contributed by atoms with Gasteiger partial charge in [-0.3, -0.25) is 10.1 Å². The van der Waals surface area contributed by atoms with Crippen molar-refractivity contribution < 1.29 is 14.3 Å². The smallest absolute Gasteiger partial charge is 0.412 e. The number of anilines is 1. The number of nitrogens with one attached hydrogen (secondary N) is 3. The second kappa shape index (κ2) is 6.81. The number of amides is 1. The van der Waals surface area contributed by atoms with Crippen LogP contribution in [-0.4, -0.2) is 27.4 Å². The van der Waals surface area contributed by atoms with Gasteiger partial charge in [-0.25, -0.2) is 4.79 Å². The van der Waals surface area contributed by atoms with Crippen molar-refractivity contribution in [2.45, 2.75) is 33.3 Å². The van der Waals surface area contributed by atoms with Gasteiger partial charge >= 0.3 is 6.09 Å². The summed E-state index contributed by atoms with van der Waals surface area (Å²) in [6.07, 6.45) is -0.537. The fourth-order valence-electron chi connectivity index (χ4n) is 3.37. The average Bonchev–Trinajstić information content (AvgIpc) is 3.25. The predicted molar refractivity (Wildman–Crippen MR) is 115 cm³/mol. The summed E-state index contributed by atoms with van der Waals surface area (Å²) >= 11 is 0. The van der Waals surface area contributed by atoms with Crippen LogP contribution in [0.2, 0.25) is 0 Å². The van der Waals surface area contributed by atoms with Gasteiger partial charge in [-0.15, -0.1) is 0 Å². The van der Waals surface area contributed by atoms with Crippen LogP contribution in [0.15, 0.2) is 48.5 Å². The number of benzene rings is 2. The second-order valence-corrected chi connectivity index (χ2v) is 8.12. The number of hydrogen-bond acceptors (Lipinski definition) is 3. The maximum absolute atomic E-state index is 13.0. The van der Waals surface area contributed by atoms with E-state index in [1.54, 1.807) is 12.1 Å². The number of carbonyl (C=O) groups is 2. The summed E-state index contributed by atoms with van der Waals surface area (Å²) in [6.45, 7) is 7.44. The summed E-state index contributed by atoms with van der Waals surface area (Å²) in [5, 5.41) is 4.53. The minimum Gasteiger partial charge on any atom is -0.444 e. The monoisotopic (exact) mass is 389 g/mol. The quantitative estimate of drug-likeness (QED) is 0.402. The van der Waals surface area contributed by atoms with Gasteiger partial charge in [-0.1, -0.05) is 18.2 Å². The fraction of sp³-hybridized carbons (Fsp3) is 0.217. The van der Waals surface area contributed by atoms with Gasteiger partial charge in [0.05, 0.1) is 17.1 Å². The van der Waals surface area contributed by atoms with E-state index in [1.807, 2.05) is 64.1 Å². The molecule has 0 atom stereocenters. The van der Waals surface area contributed by atoms with Crippen molar-refractivity contribution in [1.29, 1.82) is 0 Å². The van der Waals surface area contributed by atoms with Crippen LogP contribution < -0.4 is 5.32 Å². The van der Waals surface area contributed by atoms with Gasteiger partial charge in [0.2, 0.25) is 5.78 Å². The van der Waals surface area contributed by atoms with Gasteiger partial charge in [-0.2, -0.15) is 0 Å². The Hall–Kier alpha value is -3.54. The van der Waals surface area contributed by atoms with Crippen LogP contribution >= 0.6 is 0 Å². The van der Waals surface area contributed by atoms with Crippen molar-refractivity contribution in [3.8, 4) is 0 Å². The Morgan fingerprint density at radius 2 is 1.48 bits per heavy atom. The molecule has 0 saturated heterocycles. The molecule has 2 heterocycles. The third-order valence-electron chi connectivity index (χ3n) is 4.67. The highest BCUT2D eigenvalue weighted by Crippen LogP contribution is 2.27. The van der Waals surface area contributed by atoms with E-state index < -0.39 is 11.7 Å². The van der Waals surface area contributed by atoms with E-state index in [-0.39, 0.29) is 5.78 Å². The first kappa shape index (κ1) is 18.8. The average molecular weight is 389 g/mol. The molecule has 29 heavy (non-hydrogen) atoms. The molecule has 2 aromatic heterocycles. The Bertz CT molecular complexity index is 1240. The summed E-state index contributed by atoms with van der Waals surface area (Å²) < 4.78 is 5.33. The molecule has 0 spiro atoms. The maximum atomic E-state index is 13.0. The first-order valence-corrected chi connectivity index (χ1v) is 9.46. The summed E-state index contributed by atoms with van der Waals surface area (Å²) in [5.41, 5.74) is 3.75. The number of fused-ring (bicyclic) bond motifs is 2. The second-order valence-electron chi connectivity index (χ2n) is 8.12. The lowest BCUT2D eigenvalue weighted by Gasteiger charge is -2.19. The molecule has 1 amide bonds. The molecule has 0 saturated carbocycles. The highest BCUT2D eigenvalue weighted by molar-refractivity contribution is 6.12. The molecule has 4 aromatic rings. The molecule has 3 N–H and O–H groups in total. The van der Waals surface area contributed by atoms with E-state index >= 15 is 0 Å². The molecule has 0 aliphatic heterocycles. The minimum absolute atomic E-state index is 0.139. The Morgan fingerprint density at radius 1 is 0.897 bits per heavy atom. The number of aromatic nitrogens is 2. The number of rotatable bonds is 3. The van der Waals surface area contributed by atoms with E-state index in [1.165, 1.54) is 0 Å². The first-order chi connectivity index (χ1) is 13.7. The molecule has 148 valence electrons. The van der Waals surface area contributed by atoms with Crippen molar-refractivity contribution in [2.24, 2.45) is 0 Å². The molecular weight excluding hydrogens is 366 g/mol. The SMILES string of the molecule is Cc1cccc2[nH]c(C(=O)c3cc4c(NC(=O)OC(C)(C)C)cccc4[nH]3)cc12. The lowest BCUT2D eigenvalue weighted by atomic mass is 10.1. The van der Waals surface area contributed by atoms with Crippen LogP contribution in [-0.2, 0) is 4.74 Å². The summed E-state index contributed by atoms with van der Waals surface area (Å²) in [4.78, 5) is 31.5. The lowest BCUT2D eigenvalue weighted by Crippen LogP contribution is -2.27. The van der Waals surface area contributed by atoms with Gasteiger partial charge in [0.1, 0.15) is 5.60 Å². The molecule has 2 aromatic carbocycles. The van der Waals surface area contributed by atoms with Crippen molar-refractivity contribution in [3.63, 3.8) is 0 Å². The molecule has 6 nitrogen and oxygen atoms in total. The van der Waals surface area contributed by atoms with E-state index in [0.29, 0.717) is 17.1 Å². The van der Waals surface area contributed by atoms with Crippen molar-refractivity contribution in [3.05, 3.63) is 65.5 Å². The highest BCUT2D eigenvalue weighted by atomic mass is 16.6. The van der Waals surface area contributed by atoms with Gasteiger partial charge < -0.3 is 14.7 Å². The zero-order chi connectivity index (χ0) is 20.8. The molecule has 0 bridgehead atoms. The van der Waals surface area contributed by atoms with E-state index in [0.717, 1.165) is 27.4 Å². The number of ether oxygens (including phenoxy) is 1. The zero-order valence-electron chi connectivity index (χ0n) is 16.8. The van der Waals surface area contributed by atoms with Crippen LogP contribution in [0.5, 0.6) is 0 Å². The molecule has 0 aliphatic carbocycles. The van der Waals surface area contributed by atoms with Gasteiger partial charge in [0.25, 0.3) is 0 Å². The molecule has 6 heteroatoms. The van der Waals surface area contributed by atoms with Gasteiger partial charge in [0, 0.05) is 21.8 Å².